The Balaban J connectivity index is 1.39. The fraction of sp³-hybridized carbons (Fsp3) is 0.455. The number of nitrogens with zero attached hydrogens (tertiary/aromatic N) is 3. The summed E-state index contributed by atoms with van der Waals surface area (Å²) in [6.07, 6.45) is 7.03. The van der Waals surface area contributed by atoms with Crippen LogP contribution in [0.15, 0.2) is 52.2 Å². The normalized spacial score (nSPS) is 16.2. The first-order valence-electron chi connectivity index (χ1n) is 9.97. The maximum atomic E-state index is 4.39. The van der Waals surface area contributed by atoms with Crippen molar-refractivity contribution in [1.82, 2.24) is 20.5 Å². The fourth-order valence-corrected chi connectivity index (χ4v) is 3.83. The summed E-state index contributed by atoms with van der Waals surface area (Å²) in [5.41, 5.74) is 3.95. The molecule has 0 spiro atoms. The van der Waals surface area contributed by atoms with Gasteiger partial charge in [-0.2, -0.15) is 0 Å². The van der Waals surface area contributed by atoms with Crippen molar-refractivity contribution in [3.8, 4) is 0 Å². The third-order valence-corrected chi connectivity index (χ3v) is 5.82. The van der Waals surface area contributed by atoms with Crippen LogP contribution in [0, 0.1) is 6.92 Å². The molecule has 150 valence electrons. The molecule has 0 saturated carbocycles. The van der Waals surface area contributed by atoms with Gasteiger partial charge in [-0.25, -0.2) is 0 Å². The zero-order valence-electron chi connectivity index (χ0n) is 16.8. The van der Waals surface area contributed by atoms with Gasteiger partial charge in [-0.1, -0.05) is 28.1 Å². The van der Waals surface area contributed by atoms with E-state index in [0.29, 0.717) is 6.04 Å². The molecule has 28 heavy (non-hydrogen) atoms. The van der Waals surface area contributed by atoms with Gasteiger partial charge in [0.1, 0.15) is 0 Å². The summed E-state index contributed by atoms with van der Waals surface area (Å²) in [6, 6.07) is 11.2. The van der Waals surface area contributed by atoms with Crippen LogP contribution in [0.3, 0.4) is 0 Å². The maximum absolute atomic E-state index is 4.39. The molecule has 1 aliphatic heterocycles. The van der Waals surface area contributed by atoms with Gasteiger partial charge in [-0.05, 0) is 61.1 Å². The standard InChI is InChI=1S/C22H30BrN5/c1-17-15-25-11-7-19(17)8-12-26-22(24-2)27-21-9-13-28(14-10-21)16-18-3-5-20(23)6-4-18/h3-7,11,15,21H,8-10,12-14,16H2,1-2H3,(H2,24,26,27). The second-order valence-corrected chi connectivity index (χ2v) is 8.29. The quantitative estimate of drug-likeness (QED) is 0.529. The maximum Gasteiger partial charge on any atom is 0.191 e. The van der Waals surface area contributed by atoms with Crippen LogP contribution in [-0.4, -0.2) is 48.6 Å². The van der Waals surface area contributed by atoms with Crippen LogP contribution < -0.4 is 10.6 Å². The molecule has 0 unspecified atom stereocenters. The topological polar surface area (TPSA) is 52.6 Å². The summed E-state index contributed by atoms with van der Waals surface area (Å²) in [5.74, 6) is 0.901. The van der Waals surface area contributed by atoms with E-state index in [0.717, 1.165) is 55.9 Å². The van der Waals surface area contributed by atoms with Crippen molar-refractivity contribution in [3.63, 3.8) is 0 Å². The first kappa shape index (κ1) is 20.8. The molecule has 5 nitrogen and oxygen atoms in total. The lowest BCUT2D eigenvalue weighted by Gasteiger charge is -2.33. The Morgan fingerprint density at radius 2 is 1.96 bits per heavy atom. The zero-order valence-corrected chi connectivity index (χ0v) is 18.4. The molecular weight excluding hydrogens is 414 g/mol. The Kier molecular flexibility index (Phi) is 7.86. The van der Waals surface area contributed by atoms with Crippen molar-refractivity contribution in [1.29, 1.82) is 0 Å². The highest BCUT2D eigenvalue weighted by atomic mass is 79.9. The molecule has 3 rings (SSSR count). The van der Waals surface area contributed by atoms with Crippen LogP contribution >= 0.6 is 15.9 Å². The predicted octanol–water partition coefficient (Wildman–Crippen LogP) is 3.52. The van der Waals surface area contributed by atoms with Crippen molar-refractivity contribution in [3.05, 3.63) is 63.9 Å². The molecule has 1 aromatic carbocycles. The lowest BCUT2D eigenvalue weighted by Crippen LogP contribution is -2.48. The number of hydrogen-bond acceptors (Lipinski definition) is 3. The lowest BCUT2D eigenvalue weighted by molar-refractivity contribution is 0.198. The number of hydrogen-bond donors (Lipinski definition) is 2. The van der Waals surface area contributed by atoms with E-state index in [2.05, 4.69) is 78.7 Å². The van der Waals surface area contributed by atoms with Crippen LogP contribution in [0.5, 0.6) is 0 Å². The summed E-state index contributed by atoms with van der Waals surface area (Å²) in [6.45, 7) is 6.23. The van der Waals surface area contributed by atoms with Gasteiger partial charge in [0.25, 0.3) is 0 Å². The van der Waals surface area contributed by atoms with Crippen LogP contribution in [0.25, 0.3) is 0 Å². The van der Waals surface area contributed by atoms with Crippen molar-refractivity contribution >= 4 is 21.9 Å². The third kappa shape index (κ3) is 6.31. The smallest absolute Gasteiger partial charge is 0.191 e. The van der Waals surface area contributed by atoms with Crippen LogP contribution in [0.2, 0.25) is 0 Å². The molecular formula is C22H30BrN5. The van der Waals surface area contributed by atoms with E-state index in [1.807, 2.05) is 19.4 Å². The van der Waals surface area contributed by atoms with E-state index in [1.165, 1.54) is 16.7 Å². The Labute approximate surface area is 176 Å². The minimum atomic E-state index is 0.482. The van der Waals surface area contributed by atoms with Gasteiger partial charge in [-0.15, -0.1) is 0 Å². The number of aryl methyl sites for hydroxylation is 1. The molecule has 0 aliphatic carbocycles. The lowest BCUT2D eigenvalue weighted by atomic mass is 10.0. The van der Waals surface area contributed by atoms with Gasteiger partial charge in [0, 0.05) is 56.1 Å². The van der Waals surface area contributed by atoms with Crippen molar-refractivity contribution in [2.75, 3.05) is 26.7 Å². The minimum Gasteiger partial charge on any atom is -0.356 e. The molecule has 2 N–H and O–H groups in total. The average Bonchev–Trinajstić information content (AvgIpc) is 2.71. The molecule has 0 radical (unpaired) electrons. The molecule has 1 fully saturated rings. The molecule has 2 aromatic rings. The summed E-state index contributed by atoms with van der Waals surface area (Å²) in [5, 5.41) is 7.04. The molecule has 0 atom stereocenters. The summed E-state index contributed by atoms with van der Waals surface area (Å²) >= 11 is 3.50. The second-order valence-electron chi connectivity index (χ2n) is 7.37. The Morgan fingerprint density at radius 3 is 2.64 bits per heavy atom. The van der Waals surface area contributed by atoms with Gasteiger partial charge in [-0.3, -0.25) is 14.9 Å². The van der Waals surface area contributed by atoms with Crippen molar-refractivity contribution in [2.45, 2.75) is 38.8 Å². The number of nitrogens with one attached hydrogen (secondary N) is 2. The van der Waals surface area contributed by atoms with E-state index in [-0.39, 0.29) is 0 Å². The van der Waals surface area contributed by atoms with E-state index in [9.17, 15) is 0 Å². The van der Waals surface area contributed by atoms with Gasteiger partial charge in [0.15, 0.2) is 5.96 Å². The fourth-order valence-electron chi connectivity index (χ4n) is 3.57. The molecule has 6 heteroatoms. The monoisotopic (exact) mass is 443 g/mol. The SMILES string of the molecule is CN=C(NCCc1ccncc1C)NC1CCN(Cc2ccc(Br)cc2)CC1. The summed E-state index contributed by atoms with van der Waals surface area (Å²) < 4.78 is 1.14. The van der Waals surface area contributed by atoms with E-state index < -0.39 is 0 Å². The number of rotatable bonds is 6. The van der Waals surface area contributed by atoms with Crippen LogP contribution in [0.4, 0.5) is 0 Å². The number of pyridine rings is 1. The zero-order chi connectivity index (χ0) is 19.8. The number of likely N-dealkylation sites (tertiary alicyclic amines) is 1. The predicted molar refractivity (Wildman–Crippen MR) is 120 cm³/mol. The molecule has 1 saturated heterocycles. The largest absolute Gasteiger partial charge is 0.356 e. The Hall–Kier alpha value is -1.92. The van der Waals surface area contributed by atoms with E-state index in [4.69, 9.17) is 0 Å². The first-order valence-corrected chi connectivity index (χ1v) is 10.8. The first-order chi connectivity index (χ1) is 13.6. The molecule has 1 aliphatic rings. The third-order valence-electron chi connectivity index (χ3n) is 5.29. The van der Waals surface area contributed by atoms with Gasteiger partial charge < -0.3 is 10.6 Å². The number of guanidine groups is 1. The molecule has 2 heterocycles. The number of benzene rings is 1. The highest BCUT2D eigenvalue weighted by Crippen LogP contribution is 2.16. The molecule has 0 bridgehead atoms. The Bertz CT molecular complexity index is 767. The second kappa shape index (κ2) is 10.6. The van der Waals surface area contributed by atoms with Gasteiger partial charge in [0.05, 0.1) is 0 Å². The van der Waals surface area contributed by atoms with Crippen molar-refractivity contribution in [2.24, 2.45) is 4.99 Å². The average molecular weight is 444 g/mol. The van der Waals surface area contributed by atoms with Crippen LogP contribution in [0.1, 0.15) is 29.5 Å². The number of aliphatic imine (C=N–C) groups is 1. The summed E-state index contributed by atoms with van der Waals surface area (Å²) in [4.78, 5) is 11.1. The molecule has 0 amide bonds. The molecule has 1 aromatic heterocycles. The highest BCUT2D eigenvalue weighted by molar-refractivity contribution is 9.10. The summed E-state index contributed by atoms with van der Waals surface area (Å²) in [7, 11) is 1.84. The van der Waals surface area contributed by atoms with Crippen molar-refractivity contribution < 1.29 is 0 Å². The Morgan fingerprint density at radius 1 is 1.21 bits per heavy atom. The minimum absolute atomic E-state index is 0.482. The van der Waals surface area contributed by atoms with E-state index >= 15 is 0 Å². The highest BCUT2D eigenvalue weighted by Gasteiger charge is 2.20. The number of piperidine rings is 1. The number of aromatic nitrogens is 1. The van der Waals surface area contributed by atoms with Crippen LogP contribution in [-0.2, 0) is 13.0 Å². The van der Waals surface area contributed by atoms with Gasteiger partial charge >= 0.3 is 0 Å². The number of halogens is 1. The van der Waals surface area contributed by atoms with Gasteiger partial charge in [0.2, 0.25) is 0 Å². The van der Waals surface area contributed by atoms with E-state index in [1.54, 1.807) is 0 Å².